The summed E-state index contributed by atoms with van der Waals surface area (Å²) in [6, 6.07) is 0. The van der Waals surface area contributed by atoms with E-state index in [0.717, 1.165) is 0 Å². The van der Waals surface area contributed by atoms with Crippen molar-refractivity contribution < 1.29 is 18.8 Å². The van der Waals surface area contributed by atoms with Gasteiger partial charge in [0.2, 0.25) is 0 Å². The summed E-state index contributed by atoms with van der Waals surface area (Å²) in [6.45, 7) is 0. The molecule has 0 rings (SSSR count). The van der Waals surface area contributed by atoms with Gasteiger partial charge in [0, 0.05) is 20.4 Å². The smallest absolute Gasteiger partial charge is 0.330 e. The van der Waals surface area contributed by atoms with Crippen molar-refractivity contribution in [3.63, 3.8) is 0 Å². The van der Waals surface area contributed by atoms with E-state index in [2.05, 4.69) is 5.16 Å². The molecule has 0 saturated carbocycles. The van der Waals surface area contributed by atoms with Crippen molar-refractivity contribution >= 4 is 13.8 Å². The number of nitrogens with zero attached hydrogens (tertiary/aromatic N) is 1. The molecule has 0 fully saturated rings. The Morgan fingerprint density at radius 2 is 2.08 bits per heavy atom. The summed E-state index contributed by atoms with van der Waals surface area (Å²) in [5.41, 5.74) is 0. The maximum absolute atomic E-state index is 11.4. The standard InChI is InChI=1S/C6H14NO4P/c1-10-12(9,11-2)6-4-3-5-7-8/h5,8H,3-4,6H2,1-2H3. The summed E-state index contributed by atoms with van der Waals surface area (Å²) in [4.78, 5) is 0. The second-order valence-corrected chi connectivity index (χ2v) is 4.54. The normalized spacial score (nSPS) is 12.5. The van der Waals surface area contributed by atoms with Crippen LogP contribution in [0.4, 0.5) is 0 Å². The molecule has 0 aromatic rings. The molecule has 0 spiro atoms. The van der Waals surface area contributed by atoms with Crippen molar-refractivity contribution in [3.8, 4) is 0 Å². The Morgan fingerprint density at radius 3 is 2.50 bits per heavy atom. The molecule has 0 unspecified atom stereocenters. The van der Waals surface area contributed by atoms with Gasteiger partial charge in [-0.15, -0.1) is 5.16 Å². The lowest BCUT2D eigenvalue weighted by atomic mass is 10.4. The van der Waals surface area contributed by atoms with Crippen molar-refractivity contribution in [1.29, 1.82) is 0 Å². The summed E-state index contributed by atoms with van der Waals surface area (Å²) in [7, 11) is -0.161. The summed E-state index contributed by atoms with van der Waals surface area (Å²) < 4.78 is 20.7. The average Bonchev–Trinajstić information content (AvgIpc) is 2.12. The first kappa shape index (κ1) is 11.6. The largest absolute Gasteiger partial charge is 0.411 e. The van der Waals surface area contributed by atoms with Gasteiger partial charge in [0.1, 0.15) is 0 Å². The van der Waals surface area contributed by atoms with Gasteiger partial charge in [-0.05, 0) is 12.8 Å². The van der Waals surface area contributed by atoms with E-state index in [1.54, 1.807) is 0 Å². The Bertz CT molecular complexity index is 174. The van der Waals surface area contributed by atoms with Gasteiger partial charge in [0.15, 0.2) is 0 Å². The molecule has 0 radical (unpaired) electrons. The minimum absolute atomic E-state index is 0.339. The number of hydrogen-bond acceptors (Lipinski definition) is 5. The summed E-state index contributed by atoms with van der Waals surface area (Å²) in [6.07, 6.45) is 2.86. The van der Waals surface area contributed by atoms with Gasteiger partial charge in [-0.3, -0.25) is 4.57 Å². The number of rotatable bonds is 6. The molecule has 0 aliphatic rings. The van der Waals surface area contributed by atoms with E-state index in [4.69, 9.17) is 14.3 Å². The van der Waals surface area contributed by atoms with Crippen LogP contribution in [-0.4, -0.2) is 31.8 Å². The molecule has 0 aromatic carbocycles. The first-order valence-corrected chi connectivity index (χ1v) is 5.27. The molecule has 12 heavy (non-hydrogen) atoms. The Morgan fingerprint density at radius 1 is 1.50 bits per heavy atom. The molecule has 0 saturated heterocycles. The zero-order valence-electron chi connectivity index (χ0n) is 7.27. The van der Waals surface area contributed by atoms with Gasteiger partial charge >= 0.3 is 7.60 Å². The second kappa shape index (κ2) is 6.17. The van der Waals surface area contributed by atoms with Crippen LogP contribution in [0.25, 0.3) is 0 Å². The third-order valence-electron chi connectivity index (χ3n) is 1.40. The third-order valence-corrected chi connectivity index (χ3v) is 3.38. The highest BCUT2D eigenvalue weighted by molar-refractivity contribution is 7.53. The Hall–Kier alpha value is -0.380. The fourth-order valence-electron chi connectivity index (χ4n) is 0.691. The molecule has 72 valence electrons. The summed E-state index contributed by atoms with van der Waals surface area (Å²) in [5, 5.41) is 10.9. The monoisotopic (exact) mass is 195 g/mol. The number of unbranched alkanes of at least 4 members (excludes halogenated alkanes) is 1. The predicted molar refractivity (Wildman–Crippen MR) is 46.0 cm³/mol. The van der Waals surface area contributed by atoms with E-state index >= 15 is 0 Å². The molecule has 6 heteroatoms. The second-order valence-electron chi connectivity index (χ2n) is 2.14. The minimum Gasteiger partial charge on any atom is -0.411 e. The van der Waals surface area contributed by atoms with Crippen molar-refractivity contribution in [3.05, 3.63) is 0 Å². The van der Waals surface area contributed by atoms with Crippen LogP contribution in [0.1, 0.15) is 12.8 Å². The van der Waals surface area contributed by atoms with E-state index in [-0.39, 0.29) is 0 Å². The number of oxime groups is 1. The highest BCUT2D eigenvalue weighted by Gasteiger charge is 2.19. The molecule has 1 N–H and O–H groups in total. The molecule has 0 heterocycles. The first-order valence-electron chi connectivity index (χ1n) is 3.55. The molecule has 0 amide bonds. The predicted octanol–water partition coefficient (Wildman–Crippen LogP) is 1.71. The maximum atomic E-state index is 11.4. The molecule has 0 aliphatic carbocycles. The number of hydrogen-bond donors (Lipinski definition) is 1. The minimum atomic E-state index is -2.86. The van der Waals surface area contributed by atoms with Gasteiger partial charge in [0.05, 0.1) is 6.16 Å². The molecular formula is C6H14NO4P. The zero-order chi connectivity index (χ0) is 9.45. The van der Waals surface area contributed by atoms with Crippen molar-refractivity contribution in [2.24, 2.45) is 5.16 Å². The van der Waals surface area contributed by atoms with Crippen LogP contribution in [0.3, 0.4) is 0 Å². The first-order chi connectivity index (χ1) is 5.68. The van der Waals surface area contributed by atoms with E-state index in [1.807, 2.05) is 0 Å². The van der Waals surface area contributed by atoms with Gasteiger partial charge in [-0.1, -0.05) is 0 Å². The van der Waals surface area contributed by atoms with E-state index in [9.17, 15) is 4.57 Å². The highest BCUT2D eigenvalue weighted by atomic mass is 31.2. The van der Waals surface area contributed by atoms with E-state index in [0.29, 0.717) is 19.0 Å². The fourth-order valence-corrected chi connectivity index (χ4v) is 1.78. The molecule has 0 atom stereocenters. The molecule has 0 aliphatic heterocycles. The Labute approximate surface area is 71.9 Å². The molecule has 0 bridgehead atoms. The topological polar surface area (TPSA) is 68.1 Å². The summed E-state index contributed by atoms with van der Waals surface area (Å²) >= 11 is 0. The zero-order valence-corrected chi connectivity index (χ0v) is 8.16. The van der Waals surface area contributed by atoms with Crippen LogP contribution in [-0.2, 0) is 13.6 Å². The molecule has 0 aromatic heterocycles. The van der Waals surface area contributed by atoms with Crippen molar-refractivity contribution in [2.45, 2.75) is 12.8 Å². The van der Waals surface area contributed by atoms with Crippen LogP contribution in [0.5, 0.6) is 0 Å². The van der Waals surface area contributed by atoms with Crippen molar-refractivity contribution in [1.82, 2.24) is 0 Å². The maximum Gasteiger partial charge on any atom is 0.330 e. The lowest BCUT2D eigenvalue weighted by Gasteiger charge is -2.11. The van der Waals surface area contributed by atoms with Crippen LogP contribution < -0.4 is 0 Å². The Kier molecular flexibility index (Phi) is 5.98. The van der Waals surface area contributed by atoms with Gasteiger partial charge in [-0.25, -0.2) is 0 Å². The van der Waals surface area contributed by atoms with E-state index < -0.39 is 7.60 Å². The Balaban J connectivity index is 3.66. The lowest BCUT2D eigenvalue weighted by Crippen LogP contribution is -1.95. The molecule has 5 nitrogen and oxygen atoms in total. The summed E-state index contributed by atoms with van der Waals surface area (Å²) in [5.74, 6) is 0. The van der Waals surface area contributed by atoms with Gasteiger partial charge in [-0.2, -0.15) is 0 Å². The van der Waals surface area contributed by atoms with Gasteiger partial charge in [0.25, 0.3) is 0 Å². The van der Waals surface area contributed by atoms with Crippen LogP contribution in [0, 0.1) is 0 Å². The average molecular weight is 195 g/mol. The lowest BCUT2D eigenvalue weighted by molar-refractivity contribution is 0.275. The van der Waals surface area contributed by atoms with Crippen molar-refractivity contribution in [2.75, 3.05) is 20.4 Å². The quantitative estimate of drug-likeness (QED) is 0.230. The van der Waals surface area contributed by atoms with E-state index in [1.165, 1.54) is 20.4 Å². The van der Waals surface area contributed by atoms with Crippen LogP contribution in [0.2, 0.25) is 0 Å². The van der Waals surface area contributed by atoms with Crippen LogP contribution in [0.15, 0.2) is 5.16 Å². The van der Waals surface area contributed by atoms with Gasteiger partial charge < -0.3 is 14.3 Å². The highest BCUT2D eigenvalue weighted by Crippen LogP contribution is 2.46. The fraction of sp³-hybridized carbons (Fsp3) is 0.833. The van der Waals surface area contributed by atoms with Crippen LogP contribution >= 0.6 is 7.60 Å². The SMILES string of the molecule is COP(=O)(CCCC=NO)OC. The molecular weight excluding hydrogens is 181 g/mol. The third kappa shape index (κ3) is 4.49.